The van der Waals surface area contributed by atoms with Gasteiger partial charge in [0.2, 0.25) is 5.88 Å². The Bertz CT molecular complexity index is 764. The number of rotatable bonds is 4. The van der Waals surface area contributed by atoms with Gasteiger partial charge in [-0.1, -0.05) is 24.3 Å². The summed E-state index contributed by atoms with van der Waals surface area (Å²) in [6.45, 7) is 5.50. The number of esters is 1. The molecule has 5 nitrogen and oxygen atoms in total. The largest absolute Gasteiger partial charge is 0.406 e. The highest BCUT2D eigenvalue weighted by atomic mass is 19.1. The summed E-state index contributed by atoms with van der Waals surface area (Å²) in [6, 6.07) is 9.06. The predicted octanol–water partition coefficient (Wildman–Crippen LogP) is 2.67. The Hall–Kier alpha value is -3.07. The van der Waals surface area contributed by atoms with Crippen molar-refractivity contribution in [3.8, 4) is 11.9 Å². The number of allylic oxidation sites excluding steroid dienone is 1. The van der Waals surface area contributed by atoms with Crippen molar-refractivity contribution in [3.05, 3.63) is 59.5 Å². The first-order chi connectivity index (χ1) is 10.5. The molecule has 2 rings (SSSR count). The standard InChI is InChI=1S/C16H12FN3O2/c1-10(2)11-3-4-12(14(17)7-11)8-16(21)22-15-6-5-13(9-18)19-20-15/h3-7H,1,8H2,2H3. The van der Waals surface area contributed by atoms with Gasteiger partial charge in [-0.25, -0.2) is 4.39 Å². The van der Waals surface area contributed by atoms with Crippen molar-refractivity contribution in [1.29, 1.82) is 5.26 Å². The number of hydrogen-bond acceptors (Lipinski definition) is 5. The maximum absolute atomic E-state index is 13.9. The summed E-state index contributed by atoms with van der Waals surface area (Å²) in [5.41, 5.74) is 1.74. The van der Waals surface area contributed by atoms with Gasteiger partial charge < -0.3 is 4.74 Å². The van der Waals surface area contributed by atoms with E-state index in [2.05, 4.69) is 16.8 Å². The van der Waals surface area contributed by atoms with Crippen LogP contribution in [0.3, 0.4) is 0 Å². The van der Waals surface area contributed by atoms with Crippen LogP contribution in [0.2, 0.25) is 0 Å². The molecule has 0 unspecified atom stereocenters. The van der Waals surface area contributed by atoms with E-state index in [1.165, 1.54) is 24.3 Å². The molecule has 0 aliphatic rings. The molecule has 0 radical (unpaired) electrons. The van der Waals surface area contributed by atoms with Crippen molar-refractivity contribution in [2.75, 3.05) is 0 Å². The van der Waals surface area contributed by atoms with E-state index >= 15 is 0 Å². The van der Waals surface area contributed by atoms with Crippen LogP contribution in [-0.4, -0.2) is 16.2 Å². The van der Waals surface area contributed by atoms with Gasteiger partial charge in [-0.05, 0) is 30.2 Å². The van der Waals surface area contributed by atoms with Gasteiger partial charge in [-0.2, -0.15) is 5.26 Å². The minimum atomic E-state index is -0.666. The molecule has 0 saturated heterocycles. The van der Waals surface area contributed by atoms with Gasteiger partial charge in [0.1, 0.15) is 11.9 Å². The molecule has 0 N–H and O–H groups in total. The van der Waals surface area contributed by atoms with Crippen LogP contribution in [0.4, 0.5) is 4.39 Å². The molecule has 0 amide bonds. The lowest BCUT2D eigenvalue weighted by Crippen LogP contribution is -2.13. The smallest absolute Gasteiger partial charge is 0.317 e. The Labute approximate surface area is 126 Å². The lowest BCUT2D eigenvalue weighted by Gasteiger charge is -2.06. The molecule has 0 atom stereocenters. The van der Waals surface area contributed by atoms with Crippen molar-refractivity contribution in [2.24, 2.45) is 0 Å². The molecule has 0 fully saturated rings. The van der Waals surface area contributed by atoms with Crippen molar-refractivity contribution in [3.63, 3.8) is 0 Å². The van der Waals surface area contributed by atoms with Crippen LogP contribution in [0.1, 0.15) is 23.7 Å². The van der Waals surface area contributed by atoms with Crippen LogP contribution in [0.15, 0.2) is 36.9 Å². The molecule has 22 heavy (non-hydrogen) atoms. The molecule has 6 heteroatoms. The van der Waals surface area contributed by atoms with E-state index in [-0.39, 0.29) is 23.6 Å². The Balaban J connectivity index is 2.05. The lowest BCUT2D eigenvalue weighted by atomic mass is 10.0. The quantitative estimate of drug-likeness (QED) is 0.811. The lowest BCUT2D eigenvalue weighted by molar-refractivity contribution is -0.134. The van der Waals surface area contributed by atoms with E-state index in [0.717, 1.165) is 5.57 Å². The third kappa shape index (κ3) is 3.73. The highest BCUT2D eigenvalue weighted by Crippen LogP contribution is 2.17. The molecule has 110 valence electrons. The molecule has 0 spiro atoms. The fourth-order valence-electron chi connectivity index (χ4n) is 1.70. The van der Waals surface area contributed by atoms with Gasteiger partial charge in [0.15, 0.2) is 5.69 Å². The number of nitriles is 1. The molecular formula is C16H12FN3O2. The van der Waals surface area contributed by atoms with Crippen molar-refractivity contribution in [2.45, 2.75) is 13.3 Å². The van der Waals surface area contributed by atoms with E-state index in [1.54, 1.807) is 19.1 Å². The van der Waals surface area contributed by atoms with Crippen molar-refractivity contribution in [1.82, 2.24) is 10.2 Å². The summed E-state index contributed by atoms with van der Waals surface area (Å²) >= 11 is 0. The second-order valence-corrected chi connectivity index (χ2v) is 4.61. The zero-order valence-electron chi connectivity index (χ0n) is 11.8. The third-order valence-corrected chi connectivity index (χ3v) is 2.85. The summed E-state index contributed by atoms with van der Waals surface area (Å²) in [4.78, 5) is 11.8. The van der Waals surface area contributed by atoms with E-state index in [9.17, 15) is 9.18 Å². The first kappa shape index (κ1) is 15.3. The number of ether oxygens (including phenoxy) is 1. The first-order valence-corrected chi connectivity index (χ1v) is 6.38. The Morgan fingerprint density at radius 1 is 1.36 bits per heavy atom. The Morgan fingerprint density at radius 3 is 2.68 bits per heavy atom. The van der Waals surface area contributed by atoms with E-state index in [0.29, 0.717) is 5.56 Å². The maximum atomic E-state index is 13.9. The number of aromatic nitrogens is 2. The first-order valence-electron chi connectivity index (χ1n) is 6.38. The second kappa shape index (κ2) is 6.59. The second-order valence-electron chi connectivity index (χ2n) is 4.61. The number of hydrogen-bond donors (Lipinski definition) is 0. The summed E-state index contributed by atoms with van der Waals surface area (Å²) in [7, 11) is 0. The minimum Gasteiger partial charge on any atom is -0.406 e. The van der Waals surface area contributed by atoms with Crippen LogP contribution >= 0.6 is 0 Å². The van der Waals surface area contributed by atoms with Crippen molar-refractivity contribution >= 4 is 11.5 Å². The third-order valence-electron chi connectivity index (χ3n) is 2.85. The molecule has 0 aliphatic carbocycles. The summed E-state index contributed by atoms with van der Waals surface area (Å²) < 4.78 is 18.8. The molecule has 0 saturated carbocycles. The minimum absolute atomic E-state index is 0.0389. The van der Waals surface area contributed by atoms with Crippen LogP contribution in [-0.2, 0) is 11.2 Å². The number of nitrogens with zero attached hydrogens (tertiary/aromatic N) is 3. The molecule has 1 heterocycles. The number of carbonyl (C=O) groups excluding carboxylic acids is 1. The van der Waals surface area contributed by atoms with E-state index in [4.69, 9.17) is 10.00 Å². The highest BCUT2D eigenvalue weighted by Gasteiger charge is 2.12. The highest BCUT2D eigenvalue weighted by molar-refractivity contribution is 5.75. The number of carbonyl (C=O) groups is 1. The van der Waals surface area contributed by atoms with E-state index < -0.39 is 11.8 Å². The van der Waals surface area contributed by atoms with Crippen molar-refractivity contribution < 1.29 is 13.9 Å². The molecular weight excluding hydrogens is 285 g/mol. The van der Waals surface area contributed by atoms with Gasteiger partial charge in [0.05, 0.1) is 6.42 Å². The molecule has 0 aliphatic heterocycles. The average molecular weight is 297 g/mol. The number of halogens is 1. The van der Waals surface area contributed by atoms with Gasteiger partial charge in [0, 0.05) is 6.07 Å². The Kier molecular flexibility index (Phi) is 4.59. The molecule has 2 aromatic rings. The van der Waals surface area contributed by atoms with Gasteiger partial charge in [0.25, 0.3) is 0 Å². The molecule has 0 bridgehead atoms. The number of benzene rings is 1. The fraction of sp³-hybridized carbons (Fsp3) is 0.125. The monoisotopic (exact) mass is 297 g/mol. The van der Waals surface area contributed by atoms with Crippen LogP contribution in [0, 0.1) is 17.1 Å². The predicted molar refractivity (Wildman–Crippen MR) is 77.2 cm³/mol. The Morgan fingerprint density at radius 2 is 2.14 bits per heavy atom. The topological polar surface area (TPSA) is 75.9 Å². The van der Waals surface area contributed by atoms with Gasteiger partial charge >= 0.3 is 5.97 Å². The summed E-state index contributed by atoms with van der Waals surface area (Å²) in [5.74, 6) is -1.20. The van der Waals surface area contributed by atoms with Gasteiger partial charge in [-0.15, -0.1) is 10.2 Å². The summed E-state index contributed by atoms with van der Waals surface area (Å²) in [5, 5.41) is 15.7. The van der Waals surface area contributed by atoms with Crippen LogP contribution in [0.5, 0.6) is 5.88 Å². The average Bonchev–Trinajstić information content (AvgIpc) is 2.50. The summed E-state index contributed by atoms with van der Waals surface area (Å²) in [6.07, 6.45) is -0.232. The fourth-order valence-corrected chi connectivity index (χ4v) is 1.70. The van der Waals surface area contributed by atoms with E-state index in [1.807, 2.05) is 0 Å². The maximum Gasteiger partial charge on any atom is 0.317 e. The normalized spacial score (nSPS) is 9.86. The SMILES string of the molecule is C=C(C)c1ccc(CC(=O)Oc2ccc(C#N)nn2)c(F)c1. The van der Waals surface area contributed by atoms with Gasteiger partial charge in [-0.3, -0.25) is 4.79 Å². The zero-order chi connectivity index (χ0) is 16.1. The molecule has 1 aromatic heterocycles. The zero-order valence-corrected chi connectivity index (χ0v) is 11.8. The van der Waals surface area contributed by atoms with Crippen LogP contribution < -0.4 is 4.74 Å². The van der Waals surface area contributed by atoms with Crippen LogP contribution in [0.25, 0.3) is 5.57 Å². The molecule has 1 aromatic carbocycles.